The molecule has 1 nitrogen and oxygen atoms in total. The minimum atomic E-state index is 0.406. The molecule has 19 heavy (non-hydrogen) atoms. The van der Waals surface area contributed by atoms with Crippen LogP contribution in [0, 0.1) is 0 Å². The highest BCUT2D eigenvalue weighted by Crippen LogP contribution is 2.26. The van der Waals surface area contributed by atoms with Gasteiger partial charge >= 0.3 is 0 Å². The lowest BCUT2D eigenvalue weighted by atomic mass is 9.90. The molecular formula is C16H21Cl2N. The molecule has 0 radical (unpaired) electrons. The van der Waals surface area contributed by atoms with Crippen LogP contribution < -0.4 is 5.32 Å². The second-order valence-corrected chi connectivity index (χ2v) is 5.92. The zero-order chi connectivity index (χ0) is 13.7. The first kappa shape index (κ1) is 14.9. The highest BCUT2D eigenvalue weighted by Gasteiger charge is 2.17. The molecule has 2 rings (SSSR count). The van der Waals surface area contributed by atoms with E-state index in [-0.39, 0.29) is 0 Å². The second kappa shape index (κ2) is 7.33. The van der Waals surface area contributed by atoms with Crippen LogP contribution in [0.2, 0.25) is 10.0 Å². The third-order valence-corrected chi connectivity index (χ3v) is 4.25. The fourth-order valence-electron chi connectivity index (χ4n) is 2.67. The van der Waals surface area contributed by atoms with Crippen molar-refractivity contribution < 1.29 is 0 Å². The van der Waals surface area contributed by atoms with E-state index in [1.165, 1.54) is 31.2 Å². The number of nitrogens with one attached hydrogen (secondary N) is 1. The van der Waals surface area contributed by atoms with Gasteiger partial charge in [-0.25, -0.2) is 0 Å². The summed E-state index contributed by atoms with van der Waals surface area (Å²) >= 11 is 12.2. The Bertz CT molecular complexity index is 454. The van der Waals surface area contributed by atoms with Crippen LogP contribution in [0.15, 0.2) is 29.8 Å². The van der Waals surface area contributed by atoms with E-state index in [4.69, 9.17) is 23.2 Å². The molecule has 0 saturated heterocycles. The quantitative estimate of drug-likeness (QED) is 0.753. The van der Waals surface area contributed by atoms with Gasteiger partial charge in [0.25, 0.3) is 0 Å². The van der Waals surface area contributed by atoms with Crippen LogP contribution in [0.5, 0.6) is 0 Å². The lowest BCUT2D eigenvalue weighted by Crippen LogP contribution is -2.33. The summed E-state index contributed by atoms with van der Waals surface area (Å²) in [6.07, 6.45) is 8.40. The molecule has 104 valence electrons. The molecule has 0 saturated carbocycles. The fourth-order valence-corrected chi connectivity index (χ4v) is 3.15. The Balaban J connectivity index is 2.13. The van der Waals surface area contributed by atoms with Gasteiger partial charge in [-0.2, -0.15) is 0 Å². The summed E-state index contributed by atoms with van der Waals surface area (Å²) in [4.78, 5) is 0. The van der Waals surface area contributed by atoms with Crippen LogP contribution in [-0.4, -0.2) is 12.6 Å². The van der Waals surface area contributed by atoms with Crippen LogP contribution in [-0.2, 0) is 6.42 Å². The van der Waals surface area contributed by atoms with E-state index in [1.807, 2.05) is 18.2 Å². The number of allylic oxidation sites excluding steroid dienone is 1. The average molecular weight is 298 g/mol. The number of rotatable bonds is 5. The molecule has 1 N–H and O–H groups in total. The average Bonchev–Trinajstić information content (AvgIpc) is 2.42. The third kappa shape index (κ3) is 4.24. The fraction of sp³-hybridized carbons (Fsp3) is 0.500. The molecule has 0 aliphatic heterocycles. The van der Waals surface area contributed by atoms with Gasteiger partial charge in [0, 0.05) is 16.1 Å². The molecule has 0 aromatic heterocycles. The minimum Gasteiger partial charge on any atom is -0.310 e. The van der Waals surface area contributed by atoms with Crippen molar-refractivity contribution in [2.45, 2.75) is 45.1 Å². The highest BCUT2D eigenvalue weighted by molar-refractivity contribution is 6.35. The molecule has 0 amide bonds. The van der Waals surface area contributed by atoms with Crippen molar-refractivity contribution >= 4 is 23.2 Å². The minimum absolute atomic E-state index is 0.406. The Labute approximate surface area is 126 Å². The summed E-state index contributed by atoms with van der Waals surface area (Å²) < 4.78 is 0. The summed E-state index contributed by atoms with van der Waals surface area (Å²) in [6.45, 7) is 3.13. The van der Waals surface area contributed by atoms with E-state index in [2.05, 4.69) is 18.3 Å². The van der Waals surface area contributed by atoms with Gasteiger partial charge in [0.15, 0.2) is 0 Å². The maximum absolute atomic E-state index is 6.28. The monoisotopic (exact) mass is 297 g/mol. The zero-order valence-corrected chi connectivity index (χ0v) is 12.9. The van der Waals surface area contributed by atoms with Crippen molar-refractivity contribution in [2.75, 3.05) is 6.54 Å². The Kier molecular flexibility index (Phi) is 5.75. The van der Waals surface area contributed by atoms with Gasteiger partial charge in [0.2, 0.25) is 0 Å². The normalized spacial score (nSPS) is 17.1. The van der Waals surface area contributed by atoms with Crippen molar-refractivity contribution in [2.24, 2.45) is 0 Å². The molecule has 3 heteroatoms. The molecule has 0 bridgehead atoms. The van der Waals surface area contributed by atoms with E-state index in [0.29, 0.717) is 11.1 Å². The van der Waals surface area contributed by atoms with E-state index in [1.54, 1.807) is 5.57 Å². The summed E-state index contributed by atoms with van der Waals surface area (Å²) in [5.41, 5.74) is 2.71. The van der Waals surface area contributed by atoms with Gasteiger partial charge in [0.05, 0.1) is 0 Å². The van der Waals surface area contributed by atoms with Gasteiger partial charge in [-0.05, 0) is 56.3 Å². The van der Waals surface area contributed by atoms with Gasteiger partial charge in [-0.15, -0.1) is 0 Å². The maximum atomic E-state index is 6.28. The predicted octanol–water partition coefficient (Wildman–Crippen LogP) is 5.01. The molecule has 1 aliphatic rings. The van der Waals surface area contributed by atoms with Crippen molar-refractivity contribution in [3.63, 3.8) is 0 Å². The Morgan fingerprint density at radius 1 is 1.26 bits per heavy atom. The predicted molar refractivity (Wildman–Crippen MR) is 84.2 cm³/mol. The van der Waals surface area contributed by atoms with E-state index < -0.39 is 0 Å². The third-order valence-electron chi connectivity index (χ3n) is 3.66. The van der Waals surface area contributed by atoms with Gasteiger partial charge in [0.1, 0.15) is 0 Å². The van der Waals surface area contributed by atoms with Crippen LogP contribution in [0.3, 0.4) is 0 Å². The van der Waals surface area contributed by atoms with Crippen LogP contribution in [0.4, 0.5) is 0 Å². The lowest BCUT2D eigenvalue weighted by Gasteiger charge is -2.24. The first-order chi connectivity index (χ1) is 9.20. The number of hydrogen-bond acceptors (Lipinski definition) is 1. The smallest absolute Gasteiger partial charge is 0.0453 e. The number of benzene rings is 1. The molecule has 1 unspecified atom stereocenters. The SMILES string of the molecule is CCNC(Cc1ccc(Cl)cc1Cl)C1=CCCCC1. The Morgan fingerprint density at radius 3 is 2.74 bits per heavy atom. The zero-order valence-electron chi connectivity index (χ0n) is 11.4. The number of hydrogen-bond donors (Lipinski definition) is 1. The van der Waals surface area contributed by atoms with E-state index >= 15 is 0 Å². The molecule has 1 aromatic rings. The van der Waals surface area contributed by atoms with Gasteiger partial charge in [-0.3, -0.25) is 0 Å². The molecule has 0 heterocycles. The second-order valence-electron chi connectivity index (χ2n) is 5.07. The van der Waals surface area contributed by atoms with Crippen LogP contribution in [0.1, 0.15) is 38.2 Å². The molecule has 1 aromatic carbocycles. The van der Waals surface area contributed by atoms with E-state index in [0.717, 1.165) is 18.0 Å². The van der Waals surface area contributed by atoms with Crippen LogP contribution >= 0.6 is 23.2 Å². The standard InChI is InChI=1S/C16H21Cl2N/c1-2-19-16(12-6-4-3-5-7-12)10-13-8-9-14(17)11-15(13)18/h6,8-9,11,16,19H,2-5,7,10H2,1H3. The summed E-state index contributed by atoms with van der Waals surface area (Å²) in [7, 11) is 0. The van der Waals surface area contributed by atoms with Crippen molar-refractivity contribution in [3.8, 4) is 0 Å². The largest absolute Gasteiger partial charge is 0.310 e. The summed E-state index contributed by atoms with van der Waals surface area (Å²) in [5.74, 6) is 0. The Morgan fingerprint density at radius 2 is 2.11 bits per heavy atom. The molecule has 0 spiro atoms. The maximum Gasteiger partial charge on any atom is 0.0453 e. The first-order valence-corrected chi connectivity index (χ1v) is 7.82. The van der Waals surface area contributed by atoms with Crippen LogP contribution in [0.25, 0.3) is 0 Å². The summed E-state index contributed by atoms with van der Waals surface area (Å²) in [6, 6.07) is 6.19. The first-order valence-electron chi connectivity index (χ1n) is 7.07. The highest BCUT2D eigenvalue weighted by atomic mass is 35.5. The molecule has 1 atom stereocenters. The molecule has 0 fully saturated rings. The van der Waals surface area contributed by atoms with Crippen molar-refractivity contribution in [3.05, 3.63) is 45.5 Å². The Hall–Kier alpha value is -0.500. The molecule has 1 aliphatic carbocycles. The molecular weight excluding hydrogens is 277 g/mol. The van der Waals surface area contributed by atoms with Crippen molar-refractivity contribution in [1.82, 2.24) is 5.32 Å². The lowest BCUT2D eigenvalue weighted by molar-refractivity contribution is 0.541. The van der Waals surface area contributed by atoms with Crippen molar-refractivity contribution in [1.29, 1.82) is 0 Å². The van der Waals surface area contributed by atoms with Gasteiger partial charge in [-0.1, -0.05) is 47.8 Å². The topological polar surface area (TPSA) is 12.0 Å². The van der Waals surface area contributed by atoms with Gasteiger partial charge < -0.3 is 5.32 Å². The van der Waals surface area contributed by atoms with E-state index in [9.17, 15) is 0 Å². The number of halogens is 2. The number of likely N-dealkylation sites (N-methyl/N-ethyl adjacent to an activating group) is 1. The summed E-state index contributed by atoms with van der Waals surface area (Å²) in [5, 5.41) is 5.05.